The van der Waals surface area contributed by atoms with Crippen LogP contribution in [0.3, 0.4) is 0 Å². The molecular formula is C17H18ClNO. The SMILES string of the molecule is Cc1cccc(CON=CCc2ccc(Cl)c(C)c2)c1. The Labute approximate surface area is 125 Å². The van der Waals surface area contributed by atoms with Gasteiger partial charge in [0, 0.05) is 17.7 Å². The summed E-state index contributed by atoms with van der Waals surface area (Å²) in [5.41, 5.74) is 4.62. The van der Waals surface area contributed by atoms with Gasteiger partial charge in [-0.1, -0.05) is 58.7 Å². The van der Waals surface area contributed by atoms with Gasteiger partial charge in [0.25, 0.3) is 0 Å². The van der Waals surface area contributed by atoms with Crippen LogP contribution in [0.4, 0.5) is 0 Å². The molecule has 2 aromatic rings. The van der Waals surface area contributed by atoms with Gasteiger partial charge in [-0.25, -0.2) is 0 Å². The molecule has 2 rings (SSSR count). The Hall–Kier alpha value is -1.80. The van der Waals surface area contributed by atoms with Gasteiger partial charge < -0.3 is 4.84 Å². The highest BCUT2D eigenvalue weighted by molar-refractivity contribution is 6.31. The minimum atomic E-state index is 0.498. The second kappa shape index (κ2) is 7.11. The van der Waals surface area contributed by atoms with Crippen LogP contribution in [0.1, 0.15) is 22.3 Å². The molecule has 0 amide bonds. The molecule has 0 spiro atoms. The highest BCUT2D eigenvalue weighted by Crippen LogP contribution is 2.16. The van der Waals surface area contributed by atoms with Gasteiger partial charge in [0.15, 0.2) is 0 Å². The molecule has 0 N–H and O–H groups in total. The molecule has 0 unspecified atom stereocenters. The van der Waals surface area contributed by atoms with E-state index in [1.807, 2.05) is 31.2 Å². The van der Waals surface area contributed by atoms with Crippen LogP contribution in [-0.4, -0.2) is 6.21 Å². The molecule has 0 bridgehead atoms. The second-order valence-corrected chi connectivity index (χ2v) is 5.25. The lowest BCUT2D eigenvalue weighted by Crippen LogP contribution is -1.91. The molecule has 0 saturated heterocycles. The van der Waals surface area contributed by atoms with E-state index in [-0.39, 0.29) is 0 Å². The monoisotopic (exact) mass is 287 g/mol. The van der Waals surface area contributed by atoms with Crippen molar-refractivity contribution < 1.29 is 4.84 Å². The lowest BCUT2D eigenvalue weighted by molar-refractivity contribution is 0.131. The molecule has 104 valence electrons. The summed E-state index contributed by atoms with van der Waals surface area (Å²) >= 11 is 5.99. The highest BCUT2D eigenvalue weighted by Gasteiger charge is 1.96. The summed E-state index contributed by atoms with van der Waals surface area (Å²) in [5.74, 6) is 0. The molecule has 0 aliphatic heterocycles. The molecule has 0 fully saturated rings. The predicted molar refractivity (Wildman–Crippen MR) is 84.4 cm³/mol. The van der Waals surface area contributed by atoms with Crippen molar-refractivity contribution in [2.45, 2.75) is 26.9 Å². The zero-order valence-electron chi connectivity index (χ0n) is 11.8. The Morgan fingerprint density at radius 1 is 1.10 bits per heavy atom. The molecule has 2 aromatic carbocycles. The Morgan fingerprint density at radius 2 is 1.95 bits per heavy atom. The van der Waals surface area contributed by atoms with Crippen molar-refractivity contribution >= 4 is 17.8 Å². The molecule has 0 saturated carbocycles. The van der Waals surface area contributed by atoms with Crippen molar-refractivity contribution in [1.82, 2.24) is 0 Å². The zero-order chi connectivity index (χ0) is 14.4. The predicted octanol–water partition coefficient (Wildman–Crippen LogP) is 4.70. The van der Waals surface area contributed by atoms with E-state index < -0.39 is 0 Å². The lowest BCUT2D eigenvalue weighted by atomic mass is 10.1. The van der Waals surface area contributed by atoms with Gasteiger partial charge in [-0.2, -0.15) is 0 Å². The summed E-state index contributed by atoms with van der Waals surface area (Å²) in [6.07, 6.45) is 2.52. The van der Waals surface area contributed by atoms with Crippen molar-refractivity contribution in [1.29, 1.82) is 0 Å². The number of oxime groups is 1. The molecular weight excluding hydrogens is 270 g/mol. The van der Waals surface area contributed by atoms with Gasteiger partial charge in [-0.3, -0.25) is 0 Å². The smallest absolute Gasteiger partial charge is 0.142 e. The van der Waals surface area contributed by atoms with Gasteiger partial charge in [0.2, 0.25) is 0 Å². The molecule has 0 aliphatic rings. The minimum absolute atomic E-state index is 0.498. The summed E-state index contributed by atoms with van der Waals surface area (Å²) in [7, 11) is 0. The molecule has 20 heavy (non-hydrogen) atoms. The van der Waals surface area contributed by atoms with E-state index in [0.717, 1.165) is 22.6 Å². The molecule has 0 aliphatic carbocycles. The number of halogens is 1. The van der Waals surface area contributed by atoms with E-state index >= 15 is 0 Å². The Balaban J connectivity index is 1.80. The third-order valence-corrected chi connectivity index (χ3v) is 3.44. The van der Waals surface area contributed by atoms with E-state index in [2.05, 4.69) is 30.3 Å². The summed E-state index contributed by atoms with van der Waals surface area (Å²) in [6, 6.07) is 14.2. The van der Waals surface area contributed by atoms with Crippen molar-refractivity contribution in [2.24, 2.45) is 5.16 Å². The lowest BCUT2D eigenvalue weighted by Gasteiger charge is -2.02. The van der Waals surface area contributed by atoms with E-state index in [0.29, 0.717) is 6.61 Å². The first-order chi connectivity index (χ1) is 9.65. The zero-order valence-corrected chi connectivity index (χ0v) is 12.5. The van der Waals surface area contributed by atoms with Crippen LogP contribution in [0, 0.1) is 13.8 Å². The maximum Gasteiger partial charge on any atom is 0.142 e. The van der Waals surface area contributed by atoms with Crippen LogP contribution in [-0.2, 0) is 17.9 Å². The van der Waals surface area contributed by atoms with E-state index in [1.165, 1.54) is 11.1 Å². The summed E-state index contributed by atoms with van der Waals surface area (Å²) in [4.78, 5) is 5.29. The first-order valence-electron chi connectivity index (χ1n) is 6.59. The quantitative estimate of drug-likeness (QED) is 0.577. The molecule has 0 radical (unpaired) electrons. The number of rotatable bonds is 5. The third-order valence-electron chi connectivity index (χ3n) is 3.01. The normalized spacial score (nSPS) is 10.9. The van der Waals surface area contributed by atoms with Crippen LogP contribution in [0.15, 0.2) is 47.6 Å². The summed E-state index contributed by atoms with van der Waals surface area (Å²) in [6.45, 7) is 4.56. The fraction of sp³-hybridized carbons (Fsp3) is 0.235. The summed E-state index contributed by atoms with van der Waals surface area (Å²) < 4.78 is 0. The van der Waals surface area contributed by atoms with Gasteiger partial charge in [-0.05, 0) is 36.6 Å². The second-order valence-electron chi connectivity index (χ2n) is 4.84. The first kappa shape index (κ1) is 14.6. The standard InChI is InChI=1S/C17H18ClNO/c1-13-4-3-5-16(10-13)12-20-19-9-8-15-6-7-17(18)14(2)11-15/h3-7,9-11H,8,12H2,1-2H3. The fourth-order valence-electron chi connectivity index (χ4n) is 1.94. The average molecular weight is 288 g/mol. The number of benzene rings is 2. The van der Waals surface area contributed by atoms with Crippen molar-refractivity contribution in [3.05, 3.63) is 69.7 Å². The average Bonchev–Trinajstić information content (AvgIpc) is 2.42. The van der Waals surface area contributed by atoms with Gasteiger partial charge in [-0.15, -0.1) is 0 Å². The van der Waals surface area contributed by atoms with E-state index in [4.69, 9.17) is 16.4 Å². The summed E-state index contributed by atoms with van der Waals surface area (Å²) in [5, 5.41) is 4.78. The topological polar surface area (TPSA) is 21.6 Å². The largest absolute Gasteiger partial charge is 0.391 e. The molecule has 2 nitrogen and oxygen atoms in total. The van der Waals surface area contributed by atoms with Gasteiger partial charge >= 0.3 is 0 Å². The molecule has 0 heterocycles. The van der Waals surface area contributed by atoms with Crippen LogP contribution in [0.2, 0.25) is 5.02 Å². The minimum Gasteiger partial charge on any atom is -0.391 e. The Kier molecular flexibility index (Phi) is 5.19. The number of aryl methyl sites for hydroxylation is 2. The van der Waals surface area contributed by atoms with Crippen LogP contribution < -0.4 is 0 Å². The fourth-order valence-corrected chi connectivity index (χ4v) is 2.06. The maximum atomic E-state index is 5.99. The van der Waals surface area contributed by atoms with E-state index in [9.17, 15) is 0 Å². The van der Waals surface area contributed by atoms with Crippen molar-refractivity contribution in [3.8, 4) is 0 Å². The molecule has 0 atom stereocenters. The van der Waals surface area contributed by atoms with Gasteiger partial charge in [0.1, 0.15) is 6.61 Å². The third kappa shape index (κ3) is 4.39. The molecule has 0 aromatic heterocycles. The number of hydrogen-bond donors (Lipinski definition) is 0. The maximum absolute atomic E-state index is 5.99. The van der Waals surface area contributed by atoms with Crippen LogP contribution >= 0.6 is 11.6 Å². The molecule has 3 heteroatoms. The van der Waals surface area contributed by atoms with Crippen LogP contribution in [0.5, 0.6) is 0 Å². The van der Waals surface area contributed by atoms with E-state index in [1.54, 1.807) is 6.21 Å². The number of hydrogen-bond acceptors (Lipinski definition) is 2. The Morgan fingerprint density at radius 3 is 2.70 bits per heavy atom. The van der Waals surface area contributed by atoms with Crippen molar-refractivity contribution in [2.75, 3.05) is 0 Å². The van der Waals surface area contributed by atoms with Crippen LogP contribution in [0.25, 0.3) is 0 Å². The Bertz CT molecular complexity index is 608. The number of nitrogens with zero attached hydrogens (tertiary/aromatic N) is 1. The highest BCUT2D eigenvalue weighted by atomic mass is 35.5. The van der Waals surface area contributed by atoms with Crippen molar-refractivity contribution in [3.63, 3.8) is 0 Å². The first-order valence-corrected chi connectivity index (χ1v) is 6.97. The van der Waals surface area contributed by atoms with Gasteiger partial charge in [0.05, 0.1) is 0 Å².